The zero-order valence-corrected chi connectivity index (χ0v) is 11.8. The van der Waals surface area contributed by atoms with Gasteiger partial charge in [0.05, 0.1) is 6.61 Å². The maximum Gasteiger partial charge on any atom is 0.326 e. The fraction of sp³-hybridized carbons (Fsp3) is 0.714. The van der Waals surface area contributed by atoms with E-state index < -0.39 is 5.54 Å². The molecular formula is C14H23N3O2. The summed E-state index contributed by atoms with van der Waals surface area (Å²) in [5, 5.41) is 7.60. The van der Waals surface area contributed by atoms with Gasteiger partial charge in [-0.3, -0.25) is 14.8 Å². The summed E-state index contributed by atoms with van der Waals surface area (Å²) in [5.74, 6) is -0.137. The van der Waals surface area contributed by atoms with Crippen LogP contribution in [0.4, 0.5) is 0 Å². The van der Waals surface area contributed by atoms with E-state index in [2.05, 4.69) is 10.4 Å². The van der Waals surface area contributed by atoms with Crippen LogP contribution in [0.5, 0.6) is 0 Å². The molecule has 1 heterocycles. The number of esters is 1. The van der Waals surface area contributed by atoms with Crippen molar-refractivity contribution in [1.29, 1.82) is 0 Å². The lowest BCUT2D eigenvalue weighted by Gasteiger charge is -2.28. The number of carbonyl (C=O) groups excluding carboxylic acids is 1. The van der Waals surface area contributed by atoms with Crippen LogP contribution in [0.15, 0.2) is 18.5 Å². The first-order valence-corrected chi connectivity index (χ1v) is 7.06. The molecule has 0 radical (unpaired) electrons. The molecule has 0 spiro atoms. The lowest BCUT2D eigenvalue weighted by atomic mass is 9.95. The molecule has 19 heavy (non-hydrogen) atoms. The van der Waals surface area contributed by atoms with Gasteiger partial charge in [-0.2, -0.15) is 5.10 Å². The van der Waals surface area contributed by atoms with E-state index in [1.165, 1.54) is 0 Å². The van der Waals surface area contributed by atoms with Gasteiger partial charge in [-0.1, -0.05) is 0 Å². The van der Waals surface area contributed by atoms with Gasteiger partial charge in [0.25, 0.3) is 0 Å². The average Bonchev–Trinajstić information content (AvgIpc) is 3.03. The largest absolute Gasteiger partial charge is 0.465 e. The summed E-state index contributed by atoms with van der Waals surface area (Å²) in [6.45, 7) is 5.06. The summed E-state index contributed by atoms with van der Waals surface area (Å²) in [7, 11) is 0. The van der Waals surface area contributed by atoms with Gasteiger partial charge in [-0.05, 0) is 45.6 Å². The molecule has 1 aromatic rings. The molecule has 1 N–H and O–H groups in total. The molecule has 1 atom stereocenters. The summed E-state index contributed by atoms with van der Waals surface area (Å²) in [5.41, 5.74) is -0.565. The molecule has 0 bridgehead atoms. The maximum absolute atomic E-state index is 12.1. The first-order valence-electron chi connectivity index (χ1n) is 7.06. The van der Waals surface area contributed by atoms with Crippen LogP contribution in [0.3, 0.4) is 0 Å². The van der Waals surface area contributed by atoms with Gasteiger partial charge in [-0.15, -0.1) is 0 Å². The normalized spacial score (nSPS) is 18.0. The van der Waals surface area contributed by atoms with Crippen LogP contribution in [0.2, 0.25) is 0 Å². The summed E-state index contributed by atoms with van der Waals surface area (Å²) in [4.78, 5) is 12.1. The summed E-state index contributed by atoms with van der Waals surface area (Å²) in [6.07, 6.45) is 7.70. The Balaban J connectivity index is 1.86. The third kappa shape index (κ3) is 4.06. The lowest BCUT2D eigenvalue weighted by molar-refractivity contribution is -0.151. The highest BCUT2D eigenvalue weighted by Crippen LogP contribution is 2.25. The maximum atomic E-state index is 12.1. The summed E-state index contributed by atoms with van der Waals surface area (Å²) >= 11 is 0. The van der Waals surface area contributed by atoms with E-state index in [-0.39, 0.29) is 5.97 Å². The highest BCUT2D eigenvalue weighted by molar-refractivity contribution is 5.80. The van der Waals surface area contributed by atoms with E-state index in [0.717, 1.165) is 32.2 Å². The van der Waals surface area contributed by atoms with Crippen molar-refractivity contribution < 1.29 is 9.53 Å². The SMILES string of the molecule is CCOC(=O)C(C)(CCCn1cccn1)NC1CC1. The van der Waals surface area contributed by atoms with E-state index in [1.54, 1.807) is 6.20 Å². The molecule has 0 saturated heterocycles. The second kappa shape index (κ2) is 6.19. The minimum Gasteiger partial charge on any atom is -0.465 e. The molecule has 1 saturated carbocycles. The molecule has 5 heteroatoms. The Kier molecular flexibility index (Phi) is 4.58. The van der Waals surface area contributed by atoms with Gasteiger partial charge in [-0.25, -0.2) is 0 Å². The number of hydrogen-bond donors (Lipinski definition) is 1. The highest BCUT2D eigenvalue weighted by Gasteiger charge is 2.39. The molecular weight excluding hydrogens is 242 g/mol. The molecule has 5 nitrogen and oxygen atoms in total. The molecule has 2 rings (SSSR count). The quantitative estimate of drug-likeness (QED) is 0.727. The molecule has 0 amide bonds. The van der Waals surface area contributed by atoms with Crippen molar-refractivity contribution in [2.24, 2.45) is 0 Å². The van der Waals surface area contributed by atoms with E-state index in [0.29, 0.717) is 12.6 Å². The molecule has 1 unspecified atom stereocenters. The zero-order chi connectivity index (χ0) is 13.7. The van der Waals surface area contributed by atoms with E-state index in [9.17, 15) is 4.79 Å². The third-order valence-electron chi connectivity index (χ3n) is 3.45. The molecule has 1 aliphatic rings. The number of nitrogens with zero attached hydrogens (tertiary/aromatic N) is 2. The van der Waals surface area contributed by atoms with Crippen LogP contribution in [-0.2, 0) is 16.1 Å². The van der Waals surface area contributed by atoms with Gasteiger partial charge >= 0.3 is 5.97 Å². The smallest absolute Gasteiger partial charge is 0.326 e. The molecule has 0 aromatic carbocycles. The lowest BCUT2D eigenvalue weighted by Crippen LogP contribution is -2.51. The summed E-state index contributed by atoms with van der Waals surface area (Å²) in [6, 6.07) is 2.39. The number of ether oxygens (including phenoxy) is 1. The Hall–Kier alpha value is -1.36. The summed E-state index contributed by atoms with van der Waals surface area (Å²) < 4.78 is 7.09. The zero-order valence-electron chi connectivity index (χ0n) is 11.8. The van der Waals surface area contributed by atoms with Crippen molar-refractivity contribution in [3.05, 3.63) is 18.5 Å². The van der Waals surface area contributed by atoms with Crippen molar-refractivity contribution in [3.63, 3.8) is 0 Å². The fourth-order valence-electron chi connectivity index (χ4n) is 2.23. The number of rotatable bonds is 8. The standard InChI is InChI=1S/C14H23N3O2/c1-3-19-13(18)14(2,16-12-6-7-12)8-4-10-17-11-5-9-15-17/h5,9,11-12,16H,3-4,6-8,10H2,1-2H3. The fourth-order valence-corrected chi connectivity index (χ4v) is 2.23. The number of aromatic nitrogens is 2. The van der Waals surface area contributed by atoms with E-state index in [1.807, 2.05) is 30.8 Å². The Morgan fingerprint density at radius 1 is 1.58 bits per heavy atom. The van der Waals surface area contributed by atoms with Crippen molar-refractivity contribution >= 4 is 5.97 Å². The number of aryl methyl sites for hydroxylation is 1. The average molecular weight is 265 g/mol. The minimum atomic E-state index is -0.565. The van der Waals surface area contributed by atoms with Crippen molar-refractivity contribution in [1.82, 2.24) is 15.1 Å². The van der Waals surface area contributed by atoms with Crippen LogP contribution < -0.4 is 5.32 Å². The van der Waals surface area contributed by atoms with Gasteiger partial charge in [0.1, 0.15) is 5.54 Å². The molecule has 1 aromatic heterocycles. The van der Waals surface area contributed by atoms with Crippen LogP contribution in [0, 0.1) is 0 Å². The second-order valence-corrected chi connectivity index (χ2v) is 5.34. The van der Waals surface area contributed by atoms with Gasteiger partial charge in [0.15, 0.2) is 0 Å². The van der Waals surface area contributed by atoms with Crippen molar-refractivity contribution in [2.75, 3.05) is 6.61 Å². The van der Waals surface area contributed by atoms with Crippen LogP contribution in [0.1, 0.15) is 39.5 Å². The van der Waals surface area contributed by atoms with Gasteiger partial charge < -0.3 is 4.74 Å². The Labute approximate surface area is 114 Å². The van der Waals surface area contributed by atoms with E-state index >= 15 is 0 Å². The Morgan fingerprint density at radius 2 is 2.37 bits per heavy atom. The first kappa shape index (κ1) is 14.1. The first-order chi connectivity index (χ1) is 9.14. The molecule has 0 aliphatic heterocycles. The number of carbonyl (C=O) groups is 1. The Bertz CT molecular complexity index is 401. The number of hydrogen-bond acceptors (Lipinski definition) is 4. The predicted molar refractivity (Wildman–Crippen MR) is 72.7 cm³/mol. The monoisotopic (exact) mass is 265 g/mol. The van der Waals surface area contributed by atoms with E-state index in [4.69, 9.17) is 4.74 Å². The third-order valence-corrected chi connectivity index (χ3v) is 3.45. The van der Waals surface area contributed by atoms with Crippen molar-refractivity contribution in [3.8, 4) is 0 Å². The topological polar surface area (TPSA) is 56.2 Å². The highest BCUT2D eigenvalue weighted by atomic mass is 16.5. The minimum absolute atomic E-state index is 0.137. The van der Waals surface area contributed by atoms with Gasteiger partial charge in [0.2, 0.25) is 0 Å². The predicted octanol–water partition coefficient (Wildman–Crippen LogP) is 1.74. The molecule has 1 fully saturated rings. The van der Waals surface area contributed by atoms with Crippen LogP contribution in [0.25, 0.3) is 0 Å². The Morgan fingerprint density at radius 3 is 2.95 bits per heavy atom. The molecule has 1 aliphatic carbocycles. The van der Waals surface area contributed by atoms with Crippen LogP contribution >= 0.6 is 0 Å². The van der Waals surface area contributed by atoms with Crippen molar-refractivity contribution in [2.45, 2.75) is 57.7 Å². The molecule has 106 valence electrons. The van der Waals surface area contributed by atoms with Gasteiger partial charge in [0, 0.05) is 25.0 Å². The van der Waals surface area contributed by atoms with Crippen LogP contribution in [-0.4, -0.2) is 33.9 Å². The number of nitrogens with one attached hydrogen (secondary N) is 1. The second-order valence-electron chi connectivity index (χ2n) is 5.34.